The van der Waals surface area contributed by atoms with Crippen molar-refractivity contribution in [3.63, 3.8) is 0 Å². The molecule has 0 saturated heterocycles. The number of benzene rings is 1. The van der Waals surface area contributed by atoms with Crippen LogP contribution in [0, 0.1) is 0 Å². The maximum atomic E-state index is 5.54. The lowest BCUT2D eigenvalue weighted by molar-refractivity contribution is 0.558. The second-order valence-electron chi connectivity index (χ2n) is 2.50. The van der Waals surface area contributed by atoms with Crippen LogP contribution in [0.25, 0.3) is 11.3 Å². The summed E-state index contributed by atoms with van der Waals surface area (Å²) < 4.78 is 4.86. The lowest BCUT2D eigenvalue weighted by Gasteiger charge is -1.95. The molecular formula is C9H8N2O. The number of oxazole rings is 1. The van der Waals surface area contributed by atoms with Crippen LogP contribution in [0.5, 0.6) is 0 Å². The first kappa shape index (κ1) is 6.91. The second kappa shape index (κ2) is 2.70. The minimum absolute atomic E-state index is 0.752. The SMILES string of the molecule is Nc1ccc(-c2cocn2)cc1. The van der Waals surface area contributed by atoms with E-state index in [1.165, 1.54) is 6.39 Å². The highest BCUT2D eigenvalue weighted by molar-refractivity contribution is 5.60. The number of nitrogens with zero attached hydrogens (tertiary/aromatic N) is 1. The van der Waals surface area contributed by atoms with Crippen molar-refractivity contribution < 1.29 is 4.42 Å². The number of rotatable bonds is 1. The fourth-order valence-electron chi connectivity index (χ4n) is 1.01. The highest BCUT2D eigenvalue weighted by Crippen LogP contribution is 2.17. The number of nitrogens with two attached hydrogens (primary N) is 1. The summed E-state index contributed by atoms with van der Waals surface area (Å²) in [5.74, 6) is 0. The van der Waals surface area contributed by atoms with Crippen molar-refractivity contribution in [2.75, 3.05) is 5.73 Å². The molecule has 0 bridgehead atoms. The molecule has 2 N–H and O–H groups in total. The normalized spacial score (nSPS) is 10.0. The van der Waals surface area contributed by atoms with Crippen LogP contribution < -0.4 is 5.73 Å². The van der Waals surface area contributed by atoms with Gasteiger partial charge in [0.15, 0.2) is 6.39 Å². The first-order valence-electron chi connectivity index (χ1n) is 3.60. The van der Waals surface area contributed by atoms with E-state index in [1.54, 1.807) is 6.26 Å². The molecule has 0 radical (unpaired) electrons. The summed E-state index contributed by atoms with van der Waals surface area (Å²) in [6, 6.07) is 7.49. The number of hydrogen-bond donors (Lipinski definition) is 1. The summed E-state index contributed by atoms with van der Waals surface area (Å²) in [6.07, 6.45) is 3.01. The fraction of sp³-hybridized carbons (Fsp3) is 0. The molecule has 3 nitrogen and oxygen atoms in total. The first-order chi connectivity index (χ1) is 5.86. The van der Waals surface area contributed by atoms with E-state index in [1.807, 2.05) is 24.3 Å². The van der Waals surface area contributed by atoms with Crippen molar-refractivity contribution in [2.24, 2.45) is 0 Å². The van der Waals surface area contributed by atoms with Crippen LogP contribution in [-0.2, 0) is 0 Å². The van der Waals surface area contributed by atoms with E-state index in [4.69, 9.17) is 10.2 Å². The predicted octanol–water partition coefficient (Wildman–Crippen LogP) is 1.92. The number of anilines is 1. The van der Waals surface area contributed by atoms with Gasteiger partial charge in [0.05, 0.1) is 0 Å². The Hall–Kier alpha value is -1.77. The summed E-state index contributed by atoms with van der Waals surface area (Å²) in [6.45, 7) is 0. The van der Waals surface area contributed by atoms with E-state index in [2.05, 4.69) is 4.98 Å². The Balaban J connectivity index is 2.43. The topological polar surface area (TPSA) is 52.0 Å². The molecule has 12 heavy (non-hydrogen) atoms. The fourth-order valence-corrected chi connectivity index (χ4v) is 1.01. The summed E-state index contributed by atoms with van der Waals surface area (Å²) in [4.78, 5) is 4.01. The quantitative estimate of drug-likeness (QED) is 0.648. The highest BCUT2D eigenvalue weighted by atomic mass is 16.3. The molecule has 0 atom stereocenters. The molecule has 0 aliphatic rings. The molecule has 0 unspecified atom stereocenters. The molecule has 0 fully saturated rings. The van der Waals surface area contributed by atoms with Gasteiger partial charge in [-0.1, -0.05) is 12.1 Å². The van der Waals surface area contributed by atoms with Crippen molar-refractivity contribution in [2.45, 2.75) is 0 Å². The summed E-state index contributed by atoms with van der Waals surface area (Å²) in [5.41, 5.74) is 8.13. The van der Waals surface area contributed by atoms with Crippen LogP contribution in [0.2, 0.25) is 0 Å². The summed E-state index contributed by atoms with van der Waals surface area (Å²) in [7, 11) is 0. The zero-order valence-corrected chi connectivity index (χ0v) is 6.40. The molecule has 0 aliphatic carbocycles. The predicted molar refractivity (Wildman–Crippen MR) is 46.4 cm³/mol. The highest BCUT2D eigenvalue weighted by Gasteiger charge is 1.98. The van der Waals surface area contributed by atoms with E-state index in [9.17, 15) is 0 Å². The van der Waals surface area contributed by atoms with Gasteiger partial charge >= 0.3 is 0 Å². The zero-order chi connectivity index (χ0) is 8.39. The van der Waals surface area contributed by atoms with E-state index < -0.39 is 0 Å². The maximum absolute atomic E-state index is 5.54. The molecule has 1 heterocycles. The van der Waals surface area contributed by atoms with Gasteiger partial charge in [0.2, 0.25) is 0 Å². The van der Waals surface area contributed by atoms with Gasteiger partial charge in [0, 0.05) is 11.3 Å². The summed E-state index contributed by atoms with van der Waals surface area (Å²) in [5, 5.41) is 0. The van der Waals surface area contributed by atoms with Gasteiger partial charge in [-0.3, -0.25) is 0 Å². The maximum Gasteiger partial charge on any atom is 0.181 e. The molecule has 1 aromatic heterocycles. The van der Waals surface area contributed by atoms with Crippen molar-refractivity contribution in [3.8, 4) is 11.3 Å². The largest absolute Gasteiger partial charge is 0.451 e. The Morgan fingerprint density at radius 2 is 1.92 bits per heavy atom. The zero-order valence-electron chi connectivity index (χ0n) is 6.40. The monoisotopic (exact) mass is 160 g/mol. The van der Waals surface area contributed by atoms with Gasteiger partial charge in [0.25, 0.3) is 0 Å². The Morgan fingerprint density at radius 1 is 1.17 bits per heavy atom. The van der Waals surface area contributed by atoms with Gasteiger partial charge in [-0.05, 0) is 12.1 Å². The van der Waals surface area contributed by atoms with E-state index in [0.717, 1.165) is 16.9 Å². The molecule has 0 aliphatic heterocycles. The summed E-state index contributed by atoms with van der Waals surface area (Å²) >= 11 is 0. The third kappa shape index (κ3) is 1.16. The van der Waals surface area contributed by atoms with Crippen molar-refractivity contribution in [1.29, 1.82) is 0 Å². The molecule has 2 aromatic rings. The second-order valence-corrected chi connectivity index (χ2v) is 2.50. The Kier molecular flexibility index (Phi) is 1.55. The smallest absolute Gasteiger partial charge is 0.181 e. The Labute approximate surface area is 69.8 Å². The molecule has 2 rings (SSSR count). The van der Waals surface area contributed by atoms with Gasteiger partial charge in [-0.25, -0.2) is 4.98 Å². The third-order valence-electron chi connectivity index (χ3n) is 1.64. The Bertz CT molecular complexity index is 351. The molecule has 60 valence electrons. The molecule has 0 spiro atoms. The van der Waals surface area contributed by atoms with E-state index in [0.29, 0.717) is 0 Å². The average Bonchev–Trinajstić information content (AvgIpc) is 2.58. The number of aromatic nitrogens is 1. The Morgan fingerprint density at radius 3 is 2.50 bits per heavy atom. The van der Waals surface area contributed by atoms with Crippen molar-refractivity contribution in [1.82, 2.24) is 4.98 Å². The molecular weight excluding hydrogens is 152 g/mol. The lowest BCUT2D eigenvalue weighted by Crippen LogP contribution is -1.83. The standard InChI is InChI=1S/C9H8N2O/c10-8-3-1-7(2-4-8)9-5-12-6-11-9/h1-6H,10H2. The van der Waals surface area contributed by atoms with Crippen LogP contribution in [0.15, 0.2) is 41.3 Å². The molecule has 0 saturated carbocycles. The lowest BCUT2D eigenvalue weighted by atomic mass is 10.1. The number of nitrogen functional groups attached to an aromatic ring is 1. The van der Waals surface area contributed by atoms with Crippen molar-refractivity contribution in [3.05, 3.63) is 36.9 Å². The van der Waals surface area contributed by atoms with Gasteiger partial charge in [-0.2, -0.15) is 0 Å². The van der Waals surface area contributed by atoms with Crippen molar-refractivity contribution >= 4 is 5.69 Å². The van der Waals surface area contributed by atoms with Crippen LogP contribution in [0.1, 0.15) is 0 Å². The minimum Gasteiger partial charge on any atom is -0.451 e. The average molecular weight is 160 g/mol. The van der Waals surface area contributed by atoms with Crippen LogP contribution in [0.4, 0.5) is 5.69 Å². The van der Waals surface area contributed by atoms with E-state index in [-0.39, 0.29) is 0 Å². The molecule has 0 amide bonds. The van der Waals surface area contributed by atoms with E-state index >= 15 is 0 Å². The number of hydrogen-bond acceptors (Lipinski definition) is 3. The third-order valence-corrected chi connectivity index (χ3v) is 1.64. The molecule has 1 aromatic carbocycles. The van der Waals surface area contributed by atoms with Gasteiger partial charge in [0.1, 0.15) is 12.0 Å². The molecule has 3 heteroatoms. The van der Waals surface area contributed by atoms with Crippen LogP contribution in [-0.4, -0.2) is 4.98 Å². The van der Waals surface area contributed by atoms with Gasteiger partial charge < -0.3 is 10.2 Å². The van der Waals surface area contributed by atoms with Crippen LogP contribution >= 0.6 is 0 Å². The van der Waals surface area contributed by atoms with Crippen LogP contribution in [0.3, 0.4) is 0 Å². The van der Waals surface area contributed by atoms with Gasteiger partial charge in [-0.15, -0.1) is 0 Å². The minimum atomic E-state index is 0.752. The first-order valence-corrected chi connectivity index (χ1v) is 3.60.